The molecule has 0 amide bonds. The van der Waals surface area contributed by atoms with Crippen molar-refractivity contribution in [1.29, 1.82) is 0 Å². The van der Waals surface area contributed by atoms with Gasteiger partial charge in [-0.1, -0.05) is 6.07 Å². The fourth-order valence-corrected chi connectivity index (χ4v) is 2.41. The molecule has 6 heteroatoms. The fourth-order valence-electron chi connectivity index (χ4n) is 2.41. The highest BCUT2D eigenvalue weighted by Gasteiger charge is 2.28. The molecule has 1 aliphatic rings. The largest absolute Gasteiger partial charge is 0.420 e. The molecule has 3 rings (SSSR count). The Hall–Kier alpha value is -1.66. The van der Waals surface area contributed by atoms with Gasteiger partial charge >= 0.3 is 0 Å². The van der Waals surface area contributed by atoms with Crippen LogP contribution in [-0.2, 0) is 0 Å². The number of nitrogens with zero attached hydrogens (tertiary/aromatic N) is 1. The molecule has 3 N–H and O–H groups in total. The van der Waals surface area contributed by atoms with Crippen molar-refractivity contribution in [3.05, 3.63) is 24.0 Å². The van der Waals surface area contributed by atoms with Crippen molar-refractivity contribution < 1.29 is 19.0 Å². The van der Waals surface area contributed by atoms with Gasteiger partial charge in [0.1, 0.15) is 5.52 Å². The van der Waals surface area contributed by atoms with Gasteiger partial charge in [-0.3, -0.25) is 0 Å². The van der Waals surface area contributed by atoms with Crippen LogP contribution in [-0.4, -0.2) is 33.4 Å². The number of fused-ring (bicyclic) bond motifs is 1. The zero-order chi connectivity index (χ0) is 13.4. The van der Waals surface area contributed by atoms with Crippen molar-refractivity contribution in [2.45, 2.75) is 37.5 Å². The van der Waals surface area contributed by atoms with Gasteiger partial charge in [-0.05, 0) is 31.4 Å². The van der Waals surface area contributed by atoms with E-state index in [4.69, 9.17) is 4.42 Å². The molecule has 3 atom stereocenters. The summed E-state index contributed by atoms with van der Waals surface area (Å²) < 4.78 is 18.8. The number of aliphatic hydroxyl groups excluding tert-OH is 2. The first kappa shape index (κ1) is 12.4. The Labute approximate surface area is 109 Å². The third kappa shape index (κ3) is 2.41. The van der Waals surface area contributed by atoms with Crippen molar-refractivity contribution in [3.63, 3.8) is 0 Å². The molecular formula is C13H15FN2O3. The molecule has 102 valence electrons. The molecule has 1 aliphatic carbocycles. The molecule has 1 aromatic heterocycles. The standard InChI is InChI=1S/C13H15FN2O3/c14-8-2-1-3-9-12(8)19-13(16-9)15-7-4-5-10(17)11(18)6-7/h1-3,7,10-11,17-18H,4-6H2,(H,15,16)/t7?,10-,11+/m1/s1. The number of rotatable bonds is 2. The minimum Gasteiger partial charge on any atom is -0.420 e. The predicted molar refractivity (Wildman–Crippen MR) is 67.2 cm³/mol. The number of benzene rings is 1. The predicted octanol–water partition coefficient (Wildman–Crippen LogP) is 1.65. The summed E-state index contributed by atoms with van der Waals surface area (Å²) in [4.78, 5) is 4.15. The molecule has 1 unspecified atom stereocenters. The summed E-state index contributed by atoms with van der Waals surface area (Å²) in [6.07, 6.45) is 0.237. The SMILES string of the molecule is O[C@@H]1CCC(Nc2nc3cccc(F)c3o2)C[C@@H]1O. The Morgan fingerprint density at radius 3 is 2.84 bits per heavy atom. The van der Waals surface area contributed by atoms with Crippen molar-refractivity contribution in [2.75, 3.05) is 5.32 Å². The van der Waals surface area contributed by atoms with Crippen LogP contribution in [0, 0.1) is 5.82 Å². The van der Waals surface area contributed by atoms with Gasteiger partial charge < -0.3 is 19.9 Å². The summed E-state index contributed by atoms with van der Waals surface area (Å²) in [6.45, 7) is 0. The van der Waals surface area contributed by atoms with E-state index in [-0.39, 0.29) is 17.6 Å². The highest BCUT2D eigenvalue weighted by Crippen LogP contribution is 2.25. The van der Waals surface area contributed by atoms with Gasteiger partial charge in [0.05, 0.1) is 12.2 Å². The van der Waals surface area contributed by atoms with Crippen LogP contribution in [0.25, 0.3) is 11.1 Å². The maximum absolute atomic E-state index is 13.5. The lowest BCUT2D eigenvalue weighted by Crippen LogP contribution is -2.39. The monoisotopic (exact) mass is 266 g/mol. The van der Waals surface area contributed by atoms with Crippen LogP contribution in [0.4, 0.5) is 10.4 Å². The minimum absolute atomic E-state index is 0.0328. The average molecular weight is 266 g/mol. The molecular weight excluding hydrogens is 251 g/mol. The first-order chi connectivity index (χ1) is 9.13. The summed E-state index contributed by atoms with van der Waals surface area (Å²) in [5.41, 5.74) is 0.584. The van der Waals surface area contributed by atoms with Crippen LogP contribution >= 0.6 is 0 Å². The smallest absolute Gasteiger partial charge is 0.296 e. The van der Waals surface area contributed by atoms with Gasteiger partial charge in [0.15, 0.2) is 11.4 Å². The molecule has 0 bridgehead atoms. The molecule has 19 heavy (non-hydrogen) atoms. The molecule has 1 aromatic carbocycles. The first-order valence-electron chi connectivity index (χ1n) is 6.31. The van der Waals surface area contributed by atoms with Crippen LogP contribution in [0.2, 0.25) is 0 Å². The molecule has 5 nitrogen and oxygen atoms in total. The second-order valence-electron chi connectivity index (χ2n) is 4.90. The van der Waals surface area contributed by atoms with Crippen LogP contribution in [0.1, 0.15) is 19.3 Å². The van der Waals surface area contributed by atoms with Gasteiger partial charge in [0.2, 0.25) is 0 Å². The number of anilines is 1. The van der Waals surface area contributed by atoms with Crippen molar-refractivity contribution in [3.8, 4) is 0 Å². The Morgan fingerprint density at radius 1 is 1.26 bits per heavy atom. The Kier molecular flexibility index (Phi) is 3.12. The topological polar surface area (TPSA) is 78.5 Å². The number of hydrogen-bond donors (Lipinski definition) is 3. The van der Waals surface area contributed by atoms with Crippen LogP contribution < -0.4 is 5.32 Å². The Balaban J connectivity index is 1.77. The van der Waals surface area contributed by atoms with E-state index >= 15 is 0 Å². The molecule has 1 heterocycles. The summed E-state index contributed by atoms with van der Waals surface area (Å²) in [7, 11) is 0. The third-order valence-corrected chi connectivity index (χ3v) is 3.48. The average Bonchev–Trinajstić information content (AvgIpc) is 2.78. The second-order valence-corrected chi connectivity index (χ2v) is 4.90. The molecule has 1 saturated carbocycles. The zero-order valence-electron chi connectivity index (χ0n) is 10.2. The molecule has 1 fully saturated rings. The van der Waals surface area contributed by atoms with Crippen molar-refractivity contribution in [2.24, 2.45) is 0 Å². The van der Waals surface area contributed by atoms with E-state index in [1.807, 2.05) is 0 Å². The molecule has 0 aliphatic heterocycles. The van der Waals surface area contributed by atoms with E-state index in [1.165, 1.54) is 6.07 Å². The maximum Gasteiger partial charge on any atom is 0.296 e. The summed E-state index contributed by atoms with van der Waals surface area (Å²) in [6, 6.07) is 4.78. The number of para-hydroxylation sites is 1. The number of aromatic nitrogens is 1. The summed E-state index contributed by atoms with van der Waals surface area (Å²) in [5.74, 6) is -0.447. The number of aliphatic hydroxyl groups is 2. The van der Waals surface area contributed by atoms with Crippen LogP contribution in [0.3, 0.4) is 0 Å². The van der Waals surface area contributed by atoms with Gasteiger partial charge in [0, 0.05) is 6.04 Å². The number of halogens is 1. The van der Waals surface area contributed by atoms with E-state index in [0.717, 1.165) is 0 Å². The lowest BCUT2D eigenvalue weighted by atomic mass is 9.91. The van der Waals surface area contributed by atoms with Gasteiger partial charge in [-0.25, -0.2) is 4.39 Å². The van der Waals surface area contributed by atoms with Crippen LogP contribution in [0.15, 0.2) is 22.6 Å². The number of oxazole rings is 1. The summed E-state index contributed by atoms with van der Waals surface area (Å²) in [5, 5.41) is 22.1. The number of hydrogen-bond acceptors (Lipinski definition) is 5. The summed E-state index contributed by atoms with van der Waals surface area (Å²) >= 11 is 0. The maximum atomic E-state index is 13.5. The Bertz CT molecular complexity index is 586. The van der Waals surface area contributed by atoms with E-state index < -0.39 is 18.0 Å². The number of nitrogens with one attached hydrogen (secondary N) is 1. The van der Waals surface area contributed by atoms with E-state index in [1.54, 1.807) is 12.1 Å². The lowest BCUT2D eigenvalue weighted by molar-refractivity contribution is -0.0121. The van der Waals surface area contributed by atoms with E-state index in [9.17, 15) is 14.6 Å². The fraction of sp³-hybridized carbons (Fsp3) is 0.462. The van der Waals surface area contributed by atoms with Crippen molar-refractivity contribution in [1.82, 2.24) is 4.98 Å². The van der Waals surface area contributed by atoms with Gasteiger partial charge in [-0.2, -0.15) is 4.98 Å². The van der Waals surface area contributed by atoms with Crippen LogP contribution in [0.5, 0.6) is 0 Å². The molecule has 0 spiro atoms. The lowest BCUT2D eigenvalue weighted by Gasteiger charge is -2.29. The molecule has 0 saturated heterocycles. The first-order valence-corrected chi connectivity index (χ1v) is 6.31. The second kappa shape index (κ2) is 4.79. The normalized spacial score (nSPS) is 27.6. The zero-order valence-corrected chi connectivity index (χ0v) is 10.2. The van der Waals surface area contributed by atoms with E-state index in [0.29, 0.717) is 24.8 Å². The molecule has 2 aromatic rings. The quantitative estimate of drug-likeness (QED) is 0.770. The highest BCUT2D eigenvalue weighted by atomic mass is 19.1. The van der Waals surface area contributed by atoms with Gasteiger partial charge in [0.25, 0.3) is 6.01 Å². The van der Waals surface area contributed by atoms with Gasteiger partial charge in [-0.15, -0.1) is 0 Å². The minimum atomic E-state index is -0.743. The third-order valence-electron chi connectivity index (χ3n) is 3.48. The molecule has 0 radical (unpaired) electrons. The Morgan fingerprint density at radius 2 is 2.11 bits per heavy atom. The van der Waals surface area contributed by atoms with E-state index in [2.05, 4.69) is 10.3 Å². The highest BCUT2D eigenvalue weighted by molar-refractivity contribution is 5.74. The van der Waals surface area contributed by atoms with Crippen molar-refractivity contribution >= 4 is 17.1 Å².